The Morgan fingerprint density at radius 1 is 1.35 bits per heavy atom. The van der Waals surface area contributed by atoms with Crippen LogP contribution < -0.4 is 4.90 Å². The Balaban J connectivity index is 2.95. The lowest BCUT2D eigenvalue weighted by molar-refractivity contribution is -0.137. The molecule has 0 spiro atoms. The van der Waals surface area contributed by atoms with E-state index < -0.39 is 11.7 Å². The van der Waals surface area contributed by atoms with E-state index in [-0.39, 0.29) is 19.0 Å². The average molecular weight is 248 g/mol. The third kappa shape index (κ3) is 3.89. The first-order valence-electron chi connectivity index (χ1n) is 5.38. The van der Waals surface area contributed by atoms with Gasteiger partial charge < -0.3 is 10.0 Å². The minimum absolute atomic E-state index is 0.113. The van der Waals surface area contributed by atoms with Gasteiger partial charge in [0.15, 0.2) is 0 Å². The van der Waals surface area contributed by atoms with Crippen molar-refractivity contribution in [3.05, 3.63) is 23.9 Å². The lowest BCUT2D eigenvalue weighted by Gasteiger charge is -2.22. The second-order valence-corrected chi connectivity index (χ2v) is 3.61. The van der Waals surface area contributed by atoms with E-state index in [9.17, 15) is 13.2 Å². The molecule has 17 heavy (non-hydrogen) atoms. The van der Waals surface area contributed by atoms with Crippen LogP contribution >= 0.6 is 0 Å². The van der Waals surface area contributed by atoms with Gasteiger partial charge in [0.1, 0.15) is 5.82 Å². The summed E-state index contributed by atoms with van der Waals surface area (Å²) in [5, 5.41) is 8.86. The molecule has 0 aliphatic carbocycles. The van der Waals surface area contributed by atoms with Gasteiger partial charge in [0.05, 0.1) is 12.2 Å². The summed E-state index contributed by atoms with van der Waals surface area (Å²) in [5.41, 5.74) is -0.721. The molecule has 0 aromatic carbocycles. The highest BCUT2D eigenvalue weighted by molar-refractivity contribution is 5.41. The molecule has 0 radical (unpaired) electrons. The normalized spacial score (nSPS) is 11.6. The van der Waals surface area contributed by atoms with E-state index in [0.717, 1.165) is 24.8 Å². The summed E-state index contributed by atoms with van der Waals surface area (Å²) >= 11 is 0. The van der Waals surface area contributed by atoms with Crippen LogP contribution in [-0.2, 0) is 6.18 Å². The number of nitrogens with zero attached hydrogens (tertiary/aromatic N) is 2. The number of halogens is 3. The van der Waals surface area contributed by atoms with Crippen molar-refractivity contribution in [2.45, 2.75) is 19.5 Å². The maximum atomic E-state index is 12.5. The summed E-state index contributed by atoms with van der Waals surface area (Å²) < 4.78 is 37.5. The van der Waals surface area contributed by atoms with Gasteiger partial charge in [0, 0.05) is 19.3 Å². The van der Waals surface area contributed by atoms with E-state index in [1.165, 1.54) is 0 Å². The molecule has 1 N–H and O–H groups in total. The van der Waals surface area contributed by atoms with Crippen LogP contribution in [0.4, 0.5) is 19.0 Å². The predicted octanol–water partition coefficient (Wildman–Crippen LogP) is 2.31. The molecule has 1 heterocycles. The monoisotopic (exact) mass is 248 g/mol. The van der Waals surface area contributed by atoms with Crippen molar-refractivity contribution in [1.82, 2.24) is 4.98 Å². The molecule has 0 amide bonds. The average Bonchev–Trinajstić information content (AvgIpc) is 2.28. The van der Waals surface area contributed by atoms with E-state index in [0.29, 0.717) is 6.54 Å². The number of hydrogen-bond acceptors (Lipinski definition) is 3. The summed E-state index contributed by atoms with van der Waals surface area (Å²) in [6.45, 7) is 2.65. The molecule has 0 fully saturated rings. The van der Waals surface area contributed by atoms with Crippen LogP contribution in [0.5, 0.6) is 0 Å². The topological polar surface area (TPSA) is 36.4 Å². The van der Waals surface area contributed by atoms with Crippen LogP contribution in [0.2, 0.25) is 0 Å². The maximum Gasteiger partial charge on any atom is 0.416 e. The second-order valence-electron chi connectivity index (χ2n) is 3.61. The standard InChI is InChI=1S/C11H15F3N2O/c1-2-5-16(6-7-17)10-8-9(3-4-15-10)11(12,13)14/h3-4,8,17H,2,5-7H2,1H3. The fourth-order valence-corrected chi connectivity index (χ4v) is 1.50. The van der Waals surface area contributed by atoms with Gasteiger partial charge in [-0.05, 0) is 18.6 Å². The Morgan fingerprint density at radius 3 is 2.59 bits per heavy atom. The van der Waals surface area contributed by atoms with E-state index in [1.807, 2.05) is 6.92 Å². The molecular formula is C11H15F3N2O. The molecule has 0 aliphatic heterocycles. The minimum atomic E-state index is -4.37. The van der Waals surface area contributed by atoms with Gasteiger partial charge in [0.25, 0.3) is 0 Å². The van der Waals surface area contributed by atoms with E-state index >= 15 is 0 Å². The number of hydrogen-bond donors (Lipinski definition) is 1. The molecule has 1 rings (SSSR count). The Hall–Kier alpha value is -1.30. The Morgan fingerprint density at radius 2 is 2.06 bits per heavy atom. The van der Waals surface area contributed by atoms with Crippen molar-refractivity contribution in [3.8, 4) is 0 Å². The maximum absolute atomic E-state index is 12.5. The third-order valence-electron chi connectivity index (χ3n) is 2.26. The summed E-state index contributed by atoms with van der Waals surface area (Å²) in [5.74, 6) is 0.246. The van der Waals surface area contributed by atoms with Crippen molar-refractivity contribution in [2.24, 2.45) is 0 Å². The van der Waals surface area contributed by atoms with Crippen molar-refractivity contribution in [1.29, 1.82) is 0 Å². The van der Waals surface area contributed by atoms with Gasteiger partial charge in [-0.15, -0.1) is 0 Å². The lowest BCUT2D eigenvalue weighted by Crippen LogP contribution is -2.28. The van der Waals surface area contributed by atoms with Crippen molar-refractivity contribution >= 4 is 5.82 Å². The summed E-state index contributed by atoms with van der Waals surface area (Å²) in [7, 11) is 0. The van der Waals surface area contributed by atoms with Crippen LogP contribution in [0.25, 0.3) is 0 Å². The highest BCUT2D eigenvalue weighted by Crippen LogP contribution is 2.30. The molecule has 96 valence electrons. The molecule has 0 unspecified atom stereocenters. The molecule has 0 bridgehead atoms. The van der Waals surface area contributed by atoms with Crippen molar-refractivity contribution in [3.63, 3.8) is 0 Å². The minimum Gasteiger partial charge on any atom is -0.395 e. The van der Waals surface area contributed by atoms with Crippen LogP contribution in [0.15, 0.2) is 18.3 Å². The smallest absolute Gasteiger partial charge is 0.395 e. The molecule has 6 heteroatoms. The van der Waals surface area contributed by atoms with Gasteiger partial charge in [-0.1, -0.05) is 6.92 Å². The first-order chi connectivity index (χ1) is 7.99. The molecule has 1 aromatic rings. The van der Waals surface area contributed by atoms with Crippen LogP contribution in [0.1, 0.15) is 18.9 Å². The highest BCUT2D eigenvalue weighted by Gasteiger charge is 2.31. The fraction of sp³-hybridized carbons (Fsp3) is 0.545. The number of alkyl halides is 3. The zero-order valence-electron chi connectivity index (χ0n) is 9.54. The van der Waals surface area contributed by atoms with Crippen LogP contribution in [0.3, 0.4) is 0 Å². The molecule has 0 aliphatic rings. The molecule has 0 saturated heterocycles. The van der Waals surface area contributed by atoms with Gasteiger partial charge in [-0.3, -0.25) is 0 Å². The number of aliphatic hydroxyl groups is 1. The lowest BCUT2D eigenvalue weighted by atomic mass is 10.2. The first-order valence-corrected chi connectivity index (χ1v) is 5.38. The zero-order valence-corrected chi connectivity index (χ0v) is 9.54. The van der Waals surface area contributed by atoms with E-state index in [4.69, 9.17) is 5.11 Å². The number of aliphatic hydroxyl groups excluding tert-OH is 1. The largest absolute Gasteiger partial charge is 0.416 e. The van der Waals surface area contributed by atoms with Gasteiger partial charge >= 0.3 is 6.18 Å². The summed E-state index contributed by atoms with van der Waals surface area (Å²) in [4.78, 5) is 5.54. The Kier molecular flexibility index (Phi) is 4.74. The second kappa shape index (κ2) is 5.86. The van der Waals surface area contributed by atoms with Gasteiger partial charge in [0.2, 0.25) is 0 Å². The zero-order chi connectivity index (χ0) is 12.9. The van der Waals surface area contributed by atoms with E-state index in [2.05, 4.69) is 4.98 Å². The van der Waals surface area contributed by atoms with Crippen LogP contribution in [0, 0.1) is 0 Å². The van der Waals surface area contributed by atoms with Gasteiger partial charge in [-0.25, -0.2) is 4.98 Å². The highest BCUT2D eigenvalue weighted by atomic mass is 19.4. The SMILES string of the molecule is CCCN(CCO)c1cc(C(F)(F)F)ccn1. The Bertz CT molecular complexity index is 349. The van der Waals surface area contributed by atoms with Gasteiger partial charge in [-0.2, -0.15) is 13.2 Å². The molecular weight excluding hydrogens is 233 g/mol. The molecule has 3 nitrogen and oxygen atoms in total. The van der Waals surface area contributed by atoms with Crippen molar-refractivity contribution in [2.75, 3.05) is 24.6 Å². The molecule has 1 aromatic heterocycles. The summed E-state index contributed by atoms with van der Waals surface area (Å²) in [6.07, 6.45) is -2.45. The van der Waals surface area contributed by atoms with E-state index in [1.54, 1.807) is 4.90 Å². The number of pyridine rings is 1. The molecule has 0 saturated carbocycles. The fourth-order valence-electron chi connectivity index (χ4n) is 1.50. The third-order valence-corrected chi connectivity index (χ3v) is 2.26. The first kappa shape index (κ1) is 13.8. The van der Waals surface area contributed by atoms with Crippen molar-refractivity contribution < 1.29 is 18.3 Å². The quantitative estimate of drug-likeness (QED) is 0.868. The molecule has 0 atom stereocenters. The van der Waals surface area contributed by atoms with Crippen LogP contribution in [-0.4, -0.2) is 29.8 Å². The Labute approximate surface area is 97.9 Å². The number of aromatic nitrogens is 1. The number of anilines is 1. The number of rotatable bonds is 5. The summed E-state index contributed by atoms with van der Waals surface area (Å²) in [6, 6.07) is 1.94. The predicted molar refractivity (Wildman–Crippen MR) is 58.8 cm³/mol.